The Morgan fingerprint density at radius 2 is 2.19 bits per heavy atom. The van der Waals surface area contributed by atoms with Gasteiger partial charge in [0.25, 0.3) is 0 Å². The van der Waals surface area contributed by atoms with Crippen molar-refractivity contribution in [3.05, 3.63) is 41.1 Å². The van der Waals surface area contributed by atoms with Crippen LogP contribution in [0.25, 0.3) is 0 Å². The van der Waals surface area contributed by atoms with Crippen LogP contribution in [0.1, 0.15) is 11.6 Å². The van der Waals surface area contributed by atoms with E-state index in [-0.39, 0.29) is 16.5 Å². The van der Waals surface area contributed by atoms with Crippen LogP contribution in [-0.2, 0) is 16.4 Å². The number of methoxy groups -OCH3 is 1. The number of nitrogens with zero attached hydrogens (tertiary/aromatic N) is 1. The van der Waals surface area contributed by atoms with Crippen molar-refractivity contribution < 1.29 is 17.6 Å². The molecule has 0 aliphatic rings. The Bertz CT molecular complexity index is 728. The molecule has 0 saturated carbocycles. The van der Waals surface area contributed by atoms with Crippen LogP contribution in [0.4, 0.5) is 0 Å². The maximum Gasteiger partial charge on any atom is 0.240 e. The van der Waals surface area contributed by atoms with Crippen LogP contribution in [0.15, 0.2) is 33.8 Å². The number of hydrogen-bond donors (Lipinski definition) is 1. The van der Waals surface area contributed by atoms with Gasteiger partial charge in [-0.1, -0.05) is 11.6 Å². The summed E-state index contributed by atoms with van der Waals surface area (Å²) < 4.78 is 36.8. The number of ether oxygens (including phenoxy) is 1. The number of aromatic nitrogens is 1. The summed E-state index contributed by atoms with van der Waals surface area (Å²) in [4.78, 5) is 4.19. The second kappa shape index (κ2) is 6.46. The maximum absolute atomic E-state index is 12.1. The van der Waals surface area contributed by atoms with Crippen LogP contribution in [0.5, 0.6) is 5.75 Å². The molecule has 1 N–H and O–H groups in total. The molecule has 1 heterocycles. The number of oxazole rings is 1. The van der Waals surface area contributed by atoms with Gasteiger partial charge in [-0.3, -0.25) is 0 Å². The fraction of sp³-hybridized carbons (Fsp3) is 0.308. The van der Waals surface area contributed by atoms with E-state index in [1.54, 1.807) is 6.92 Å². The molecule has 0 fully saturated rings. The Kier molecular flexibility index (Phi) is 4.87. The molecule has 0 aliphatic heterocycles. The third kappa shape index (κ3) is 3.96. The SMILES string of the molecule is COc1ccc(S(=O)(=O)NCCc2coc(C)n2)cc1Cl. The molecule has 0 amide bonds. The van der Waals surface area contributed by atoms with Crippen LogP contribution in [0.3, 0.4) is 0 Å². The van der Waals surface area contributed by atoms with Crippen molar-refractivity contribution >= 4 is 21.6 Å². The molecule has 0 radical (unpaired) electrons. The second-order valence-corrected chi connectivity index (χ2v) is 6.48. The van der Waals surface area contributed by atoms with Crippen LogP contribution in [-0.4, -0.2) is 27.1 Å². The van der Waals surface area contributed by atoms with Gasteiger partial charge in [0.15, 0.2) is 5.89 Å². The Morgan fingerprint density at radius 3 is 2.76 bits per heavy atom. The lowest BCUT2D eigenvalue weighted by atomic mass is 10.3. The van der Waals surface area contributed by atoms with Crippen molar-refractivity contribution in [3.8, 4) is 5.75 Å². The van der Waals surface area contributed by atoms with E-state index in [9.17, 15) is 8.42 Å². The Morgan fingerprint density at radius 1 is 1.43 bits per heavy atom. The summed E-state index contributed by atoms with van der Waals surface area (Å²) >= 11 is 5.93. The first-order chi connectivity index (χ1) is 9.92. The first-order valence-corrected chi connectivity index (χ1v) is 8.02. The summed E-state index contributed by atoms with van der Waals surface area (Å²) in [7, 11) is -2.15. The van der Waals surface area contributed by atoms with Gasteiger partial charge in [-0.2, -0.15) is 0 Å². The van der Waals surface area contributed by atoms with E-state index >= 15 is 0 Å². The average molecular weight is 331 g/mol. The van der Waals surface area contributed by atoms with Crippen LogP contribution >= 0.6 is 11.6 Å². The smallest absolute Gasteiger partial charge is 0.240 e. The molecule has 0 spiro atoms. The Labute approximate surface area is 128 Å². The number of aryl methyl sites for hydroxylation is 1. The summed E-state index contributed by atoms with van der Waals surface area (Å²) in [5, 5.41) is 0.243. The van der Waals surface area contributed by atoms with E-state index in [4.69, 9.17) is 20.8 Å². The highest BCUT2D eigenvalue weighted by Crippen LogP contribution is 2.26. The standard InChI is InChI=1S/C13H15ClN2O4S/c1-9-16-10(8-20-9)5-6-15-21(17,18)11-3-4-13(19-2)12(14)7-11/h3-4,7-8,15H,5-6H2,1-2H3. The van der Waals surface area contributed by atoms with Crippen molar-refractivity contribution in [3.63, 3.8) is 0 Å². The normalized spacial score (nSPS) is 11.6. The Balaban J connectivity index is 2.02. The van der Waals surface area contributed by atoms with Gasteiger partial charge in [-0.25, -0.2) is 18.1 Å². The molecule has 8 heteroatoms. The summed E-state index contributed by atoms with van der Waals surface area (Å²) in [6, 6.07) is 4.30. The van der Waals surface area contributed by atoms with E-state index < -0.39 is 10.0 Å². The molecule has 1 aromatic heterocycles. The van der Waals surface area contributed by atoms with Gasteiger partial charge in [0.2, 0.25) is 10.0 Å². The predicted molar refractivity (Wildman–Crippen MR) is 78.1 cm³/mol. The molecule has 2 aromatic rings. The number of rotatable bonds is 6. The minimum Gasteiger partial charge on any atom is -0.495 e. The molecule has 21 heavy (non-hydrogen) atoms. The monoisotopic (exact) mass is 330 g/mol. The quantitative estimate of drug-likeness (QED) is 0.877. The van der Waals surface area contributed by atoms with Gasteiger partial charge in [-0.15, -0.1) is 0 Å². The van der Waals surface area contributed by atoms with Crippen molar-refractivity contribution in [2.75, 3.05) is 13.7 Å². The Hall–Kier alpha value is -1.57. The molecule has 0 saturated heterocycles. The lowest BCUT2D eigenvalue weighted by molar-refractivity contribution is 0.414. The molecule has 0 bridgehead atoms. The fourth-order valence-corrected chi connectivity index (χ4v) is 3.11. The molecule has 0 unspecified atom stereocenters. The number of sulfonamides is 1. The van der Waals surface area contributed by atoms with E-state index in [0.717, 1.165) is 0 Å². The fourth-order valence-electron chi connectivity index (χ4n) is 1.73. The second-order valence-electron chi connectivity index (χ2n) is 4.30. The van der Waals surface area contributed by atoms with Crippen LogP contribution < -0.4 is 9.46 Å². The van der Waals surface area contributed by atoms with E-state index in [0.29, 0.717) is 23.8 Å². The first-order valence-electron chi connectivity index (χ1n) is 6.16. The van der Waals surface area contributed by atoms with Gasteiger partial charge in [-0.05, 0) is 18.2 Å². The molecule has 6 nitrogen and oxygen atoms in total. The lowest BCUT2D eigenvalue weighted by Gasteiger charge is -2.08. The number of nitrogens with one attached hydrogen (secondary N) is 1. The van der Waals surface area contributed by atoms with Crippen molar-refractivity contribution in [2.45, 2.75) is 18.2 Å². The van der Waals surface area contributed by atoms with Gasteiger partial charge in [0, 0.05) is 19.9 Å². The predicted octanol–water partition coefficient (Wildman–Crippen LogP) is 2.17. The van der Waals surface area contributed by atoms with Crippen molar-refractivity contribution in [1.82, 2.24) is 9.71 Å². The maximum atomic E-state index is 12.1. The van der Waals surface area contributed by atoms with Crippen LogP contribution in [0, 0.1) is 6.92 Å². The molecule has 114 valence electrons. The zero-order valence-corrected chi connectivity index (χ0v) is 13.2. The summed E-state index contributed by atoms with van der Waals surface area (Å²) in [5.74, 6) is 0.975. The summed E-state index contributed by atoms with van der Waals surface area (Å²) in [6.07, 6.45) is 1.95. The van der Waals surface area contributed by atoms with Gasteiger partial charge in [0.1, 0.15) is 12.0 Å². The molecule has 1 aromatic carbocycles. The third-order valence-corrected chi connectivity index (χ3v) is 4.53. The number of halogens is 1. The van der Waals surface area contributed by atoms with Gasteiger partial charge in [0.05, 0.1) is 22.7 Å². The topological polar surface area (TPSA) is 81.4 Å². The summed E-state index contributed by atoms with van der Waals surface area (Å²) in [5.41, 5.74) is 0.697. The largest absolute Gasteiger partial charge is 0.495 e. The highest BCUT2D eigenvalue weighted by molar-refractivity contribution is 7.89. The minimum atomic E-state index is -3.62. The average Bonchev–Trinajstić information content (AvgIpc) is 2.84. The van der Waals surface area contributed by atoms with E-state index in [2.05, 4.69) is 9.71 Å². The molecular weight excluding hydrogens is 316 g/mol. The molecule has 0 atom stereocenters. The number of hydrogen-bond acceptors (Lipinski definition) is 5. The highest BCUT2D eigenvalue weighted by Gasteiger charge is 2.15. The van der Waals surface area contributed by atoms with Crippen LogP contribution in [0.2, 0.25) is 5.02 Å². The van der Waals surface area contributed by atoms with E-state index in [1.165, 1.54) is 31.6 Å². The van der Waals surface area contributed by atoms with E-state index in [1.807, 2.05) is 0 Å². The lowest BCUT2D eigenvalue weighted by Crippen LogP contribution is -2.26. The zero-order chi connectivity index (χ0) is 15.5. The minimum absolute atomic E-state index is 0.0876. The number of benzene rings is 1. The van der Waals surface area contributed by atoms with Gasteiger partial charge >= 0.3 is 0 Å². The first kappa shape index (κ1) is 15.8. The summed E-state index contributed by atoms with van der Waals surface area (Å²) in [6.45, 7) is 1.95. The third-order valence-electron chi connectivity index (χ3n) is 2.77. The zero-order valence-electron chi connectivity index (χ0n) is 11.6. The van der Waals surface area contributed by atoms with Crippen molar-refractivity contribution in [1.29, 1.82) is 0 Å². The molecular formula is C13H15ClN2O4S. The molecule has 2 rings (SSSR count). The van der Waals surface area contributed by atoms with Crippen molar-refractivity contribution in [2.24, 2.45) is 0 Å². The highest BCUT2D eigenvalue weighted by atomic mass is 35.5. The van der Waals surface area contributed by atoms with Gasteiger partial charge < -0.3 is 9.15 Å². The molecule has 0 aliphatic carbocycles.